The minimum atomic E-state index is -0.257. The average Bonchev–Trinajstić information content (AvgIpc) is 3.01. The van der Waals surface area contributed by atoms with Crippen LogP contribution in [0.15, 0.2) is 24.3 Å². The first-order valence-corrected chi connectivity index (χ1v) is 9.71. The normalized spacial score (nSPS) is 13.3. The summed E-state index contributed by atoms with van der Waals surface area (Å²) in [5, 5.41) is 5.85. The Morgan fingerprint density at radius 1 is 1.22 bits per heavy atom. The number of aromatic nitrogens is 2. The molecule has 2 amide bonds. The van der Waals surface area contributed by atoms with Gasteiger partial charge in [0.2, 0.25) is 0 Å². The van der Waals surface area contributed by atoms with Crippen LogP contribution < -0.4 is 10.6 Å². The molecule has 1 aromatic carbocycles. The number of amides is 2. The van der Waals surface area contributed by atoms with Gasteiger partial charge in [0.15, 0.2) is 11.5 Å². The largest absolute Gasteiger partial charge is 0.349 e. The van der Waals surface area contributed by atoms with E-state index in [1.807, 2.05) is 35.8 Å². The number of hydrogen-bond donors (Lipinski definition) is 2. The van der Waals surface area contributed by atoms with Gasteiger partial charge in [-0.3, -0.25) is 9.59 Å². The van der Waals surface area contributed by atoms with Gasteiger partial charge < -0.3 is 15.2 Å². The second-order valence-corrected chi connectivity index (χ2v) is 7.60. The van der Waals surface area contributed by atoms with Crippen molar-refractivity contribution in [1.29, 1.82) is 0 Å². The van der Waals surface area contributed by atoms with E-state index >= 15 is 0 Å². The molecule has 0 saturated carbocycles. The lowest BCUT2D eigenvalue weighted by Crippen LogP contribution is -2.29. The first-order chi connectivity index (χ1) is 13.0. The number of anilines is 1. The van der Waals surface area contributed by atoms with Crippen molar-refractivity contribution in [2.75, 3.05) is 11.9 Å². The fourth-order valence-electron chi connectivity index (χ4n) is 3.36. The molecule has 1 aliphatic heterocycles. The quantitative estimate of drug-likeness (QED) is 0.819. The van der Waals surface area contributed by atoms with Crippen LogP contribution in [0.5, 0.6) is 0 Å². The second kappa shape index (κ2) is 8.37. The third kappa shape index (κ3) is 4.56. The van der Waals surface area contributed by atoms with Crippen molar-refractivity contribution in [2.24, 2.45) is 5.92 Å². The lowest BCUT2D eigenvalue weighted by Gasteiger charge is -2.17. The van der Waals surface area contributed by atoms with Gasteiger partial charge in [-0.15, -0.1) is 0 Å². The topological polar surface area (TPSA) is 76.0 Å². The zero-order valence-corrected chi connectivity index (χ0v) is 16.3. The number of hydrogen-bond acceptors (Lipinski definition) is 3. The van der Waals surface area contributed by atoms with Crippen molar-refractivity contribution in [3.8, 4) is 0 Å². The van der Waals surface area contributed by atoms with Crippen LogP contribution >= 0.6 is 0 Å². The predicted molar refractivity (Wildman–Crippen MR) is 106 cm³/mol. The maximum absolute atomic E-state index is 12.8. The summed E-state index contributed by atoms with van der Waals surface area (Å²) >= 11 is 0. The molecule has 144 valence electrons. The molecule has 0 radical (unpaired) electrons. The van der Waals surface area contributed by atoms with Crippen LogP contribution in [0.2, 0.25) is 0 Å². The summed E-state index contributed by atoms with van der Waals surface area (Å²) in [7, 11) is 0. The Kier molecular flexibility index (Phi) is 5.94. The molecule has 0 atom stereocenters. The minimum Gasteiger partial charge on any atom is -0.349 e. The molecule has 0 aliphatic carbocycles. The Morgan fingerprint density at radius 3 is 2.78 bits per heavy atom. The molecule has 0 spiro atoms. The van der Waals surface area contributed by atoms with Gasteiger partial charge in [-0.25, -0.2) is 4.98 Å². The predicted octanol–water partition coefficient (Wildman–Crippen LogP) is 3.56. The molecule has 0 unspecified atom stereocenters. The number of carbonyl (C=O) groups is 2. The zero-order valence-electron chi connectivity index (χ0n) is 16.3. The Morgan fingerprint density at radius 2 is 2.04 bits per heavy atom. The molecule has 1 aliphatic rings. The fraction of sp³-hybridized carbons (Fsp3) is 0.476. The van der Waals surface area contributed by atoms with E-state index in [0.29, 0.717) is 24.0 Å². The Bertz CT molecular complexity index is 839. The number of nitrogens with zero attached hydrogens (tertiary/aromatic N) is 2. The summed E-state index contributed by atoms with van der Waals surface area (Å²) in [5.41, 5.74) is 3.04. The zero-order chi connectivity index (χ0) is 19.4. The third-order valence-corrected chi connectivity index (χ3v) is 4.82. The third-order valence-electron chi connectivity index (χ3n) is 4.82. The van der Waals surface area contributed by atoms with Gasteiger partial charge in [0.1, 0.15) is 0 Å². The van der Waals surface area contributed by atoms with E-state index in [2.05, 4.69) is 29.5 Å². The van der Waals surface area contributed by atoms with Crippen LogP contribution in [0, 0.1) is 12.8 Å². The number of nitrogens with one attached hydrogen (secondary N) is 2. The highest BCUT2D eigenvalue weighted by Crippen LogP contribution is 2.22. The highest BCUT2D eigenvalue weighted by atomic mass is 16.2. The summed E-state index contributed by atoms with van der Waals surface area (Å²) in [6.45, 7) is 7.57. The molecule has 2 N–H and O–H groups in total. The van der Waals surface area contributed by atoms with Crippen LogP contribution in [0.25, 0.3) is 0 Å². The molecule has 0 fully saturated rings. The molecule has 6 heteroatoms. The van der Waals surface area contributed by atoms with E-state index in [0.717, 1.165) is 49.2 Å². The van der Waals surface area contributed by atoms with Crippen molar-refractivity contribution < 1.29 is 9.59 Å². The molecular weight excluding hydrogens is 340 g/mol. The molecule has 3 rings (SSSR count). The molecular formula is C21H28N4O2. The van der Waals surface area contributed by atoms with Crippen molar-refractivity contribution in [3.63, 3.8) is 0 Å². The maximum atomic E-state index is 12.8. The van der Waals surface area contributed by atoms with Gasteiger partial charge in [-0.1, -0.05) is 26.0 Å². The number of fused-ring (bicyclic) bond motifs is 1. The van der Waals surface area contributed by atoms with Crippen LogP contribution in [0.4, 0.5) is 5.69 Å². The highest BCUT2D eigenvalue weighted by Gasteiger charge is 2.27. The monoisotopic (exact) mass is 368 g/mol. The van der Waals surface area contributed by atoms with Crippen molar-refractivity contribution in [2.45, 2.75) is 53.0 Å². The highest BCUT2D eigenvalue weighted by molar-refractivity contribution is 6.05. The minimum absolute atomic E-state index is 0.201. The average molecular weight is 368 g/mol. The van der Waals surface area contributed by atoms with Crippen LogP contribution in [0.1, 0.15) is 65.5 Å². The van der Waals surface area contributed by atoms with Crippen LogP contribution in [-0.4, -0.2) is 27.9 Å². The molecule has 0 saturated heterocycles. The number of aryl methyl sites for hydroxylation is 1. The standard InChI is InChI=1S/C21H28N4O2/c1-14(2)10-11-22-21(27)19-24-18(17-9-4-5-12-25(17)19)20(26)23-16-8-6-7-15(3)13-16/h6-8,13-14H,4-5,9-12H2,1-3H3,(H,22,27)(H,23,26). The van der Waals surface area contributed by atoms with Crippen molar-refractivity contribution in [1.82, 2.24) is 14.9 Å². The van der Waals surface area contributed by atoms with E-state index < -0.39 is 0 Å². The van der Waals surface area contributed by atoms with E-state index in [4.69, 9.17) is 0 Å². The second-order valence-electron chi connectivity index (χ2n) is 7.60. The van der Waals surface area contributed by atoms with Crippen LogP contribution in [-0.2, 0) is 13.0 Å². The number of rotatable bonds is 6. The first-order valence-electron chi connectivity index (χ1n) is 9.71. The lowest BCUT2D eigenvalue weighted by atomic mass is 10.1. The number of imidazole rings is 1. The Balaban J connectivity index is 1.82. The Labute approximate surface area is 160 Å². The SMILES string of the molecule is Cc1cccc(NC(=O)c2nc(C(=O)NCCC(C)C)n3c2CCCC3)c1. The van der Waals surface area contributed by atoms with Crippen molar-refractivity contribution >= 4 is 17.5 Å². The van der Waals surface area contributed by atoms with Gasteiger partial charge >= 0.3 is 0 Å². The fourth-order valence-corrected chi connectivity index (χ4v) is 3.36. The van der Waals surface area contributed by atoms with Gasteiger partial charge in [-0.2, -0.15) is 0 Å². The molecule has 1 aromatic heterocycles. The van der Waals surface area contributed by atoms with E-state index in [1.54, 1.807) is 0 Å². The van der Waals surface area contributed by atoms with E-state index in [-0.39, 0.29) is 11.8 Å². The summed E-state index contributed by atoms with van der Waals surface area (Å²) in [4.78, 5) is 29.9. The molecule has 6 nitrogen and oxygen atoms in total. The van der Waals surface area contributed by atoms with Gasteiger partial charge in [-0.05, 0) is 56.2 Å². The lowest BCUT2D eigenvalue weighted by molar-refractivity contribution is 0.0936. The summed E-state index contributed by atoms with van der Waals surface area (Å²) < 4.78 is 1.92. The Hall–Kier alpha value is -2.63. The smallest absolute Gasteiger partial charge is 0.287 e. The number of benzene rings is 1. The van der Waals surface area contributed by atoms with Gasteiger partial charge in [0.05, 0.1) is 5.69 Å². The summed E-state index contributed by atoms with van der Waals surface area (Å²) in [6.07, 6.45) is 3.68. The first kappa shape index (κ1) is 19.1. The van der Waals surface area contributed by atoms with E-state index in [1.165, 1.54) is 0 Å². The molecule has 2 heterocycles. The number of carbonyl (C=O) groups excluding carboxylic acids is 2. The summed E-state index contributed by atoms with van der Waals surface area (Å²) in [5.74, 6) is 0.416. The van der Waals surface area contributed by atoms with Crippen LogP contribution in [0.3, 0.4) is 0 Å². The summed E-state index contributed by atoms with van der Waals surface area (Å²) in [6, 6.07) is 7.65. The van der Waals surface area contributed by atoms with Crippen molar-refractivity contribution in [3.05, 3.63) is 47.0 Å². The van der Waals surface area contributed by atoms with E-state index in [9.17, 15) is 9.59 Å². The maximum Gasteiger partial charge on any atom is 0.287 e. The van der Waals surface area contributed by atoms with Gasteiger partial charge in [0, 0.05) is 18.8 Å². The molecule has 2 aromatic rings. The molecule has 0 bridgehead atoms. The molecule has 27 heavy (non-hydrogen) atoms. The van der Waals surface area contributed by atoms with Gasteiger partial charge in [0.25, 0.3) is 11.8 Å².